The summed E-state index contributed by atoms with van der Waals surface area (Å²) in [5.41, 5.74) is 1.08. The van der Waals surface area contributed by atoms with E-state index in [-0.39, 0.29) is 43.4 Å². The molecule has 0 saturated carbocycles. The Labute approximate surface area is 207 Å². The van der Waals surface area contributed by atoms with Crippen LogP contribution in [0, 0.1) is 0 Å². The molecule has 4 rings (SSSR count). The van der Waals surface area contributed by atoms with Crippen molar-refractivity contribution in [1.29, 1.82) is 0 Å². The summed E-state index contributed by atoms with van der Waals surface area (Å²) in [6.45, 7) is 4.63. The molecule has 2 aromatic rings. The van der Waals surface area contributed by atoms with Crippen LogP contribution in [-0.4, -0.2) is 66.9 Å². The van der Waals surface area contributed by atoms with E-state index in [0.29, 0.717) is 30.4 Å². The van der Waals surface area contributed by atoms with Crippen LogP contribution in [0.25, 0.3) is 0 Å². The molecule has 190 valence electrons. The smallest absolute Gasteiger partial charge is 0.416 e. The lowest BCUT2D eigenvalue weighted by Crippen LogP contribution is -2.49. The molecule has 2 saturated heterocycles. The van der Waals surface area contributed by atoms with Crippen molar-refractivity contribution in [2.24, 2.45) is 0 Å². The number of halogens is 4. The van der Waals surface area contributed by atoms with Crippen LogP contribution in [0.5, 0.6) is 5.75 Å². The lowest BCUT2D eigenvalue weighted by molar-refractivity contribution is -0.221. The Kier molecular flexibility index (Phi) is 7.70. The van der Waals surface area contributed by atoms with E-state index >= 15 is 0 Å². The van der Waals surface area contributed by atoms with Crippen LogP contribution in [0.1, 0.15) is 38.2 Å². The van der Waals surface area contributed by atoms with Crippen LogP contribution in [-0.2, 0) is 9.53 Å². The van der Waals surface area contributed by atoms with E-state index in [1.165, 1.54) is 11.1 Å². The topological polar surface area (TPSA) is 67.8 Å². The van der Waals surface area contributed by atoms with Crippen molar-refractivity contribution in [1.82, 2.24) is 9.97 Å². The summed E-state index contributed by atoms with van der Waals surface area (Å²) in [7, 11) is 0. The van der Waals surface area contributed by atoms with E-state index in [1.807, 2.05) is 36.1 Å². The van der Waals surface area contributed by atoms with Gasteiger partial charge < -0.3 is 24.1 Å². The molecule has 0 bridgehead atoms. The molecule has 1 aromatic carbocycles. The monoisotopic (exact) mass is 512 g/mol. The second kappa shape index (κ2) is 10.6. The average molecular weight is 513 g/mol. The number of hydrogen-bond acceptors (Lipinski definition) is 7. The Hall–Kier alpha value is -2.59. The number of rotatable bonds is 7. The van der Waals surface area contributed by atoms with Gasteiger partial charge in [-0.15, -0.1) is 0 Å². The fourth-order valence-electron chi connectivity index (χ4n) is 4.39. The maximum atomic E-state index is 13.1. The van der Waals surface area contributed by atoms with Crippen LogP contribution in [0.3, 0.4) is 0 Å². The maximum Gasteiger partial charge on any atom is 0.416 e. The predicted molar refractivity (Wildman–Crippen MR) is 126 cm³/mol. The molecule has 3 atom stereocenters. The second-order valence-corrected chi connectivity index (χ2v) is 9.45. The zero-order chi connectivity index (χ0) is 25.2. The quantitative estimate of drug-likeness (QED) is 0.535. The highest BCUT2D eigenvalue weighted by molar-refractivity contribution is 6.32. The summed E-state index contributed by atoms with van der Waals surface area (Å²) in [6.07, 6.45) is -3.75. The summed E-state index contributed by atoms with van der Waals surface area (Å²) >= 11 is 6.35. The fourth-order valence-corrected chi connectivity index (χ4v) is 4.60. The molecule has 3 heterocycles. The first-order valence-electron chi connectivity index (χ1n) is 11.6. The van der Waals surface area contributed by atoms with Crippen LogP contribution in [0.2, 0.25) is 5.02 Å². The summed E-state index contributed by atoms with van der Waals surface area (Å²) < 4.78 is 50.3. The van der Waals surface area contributed by atoms with E-state index in [0.717, 1.165) is 17.7 Å². The Morgan fingerprint density at radius 2 is 1.97 bits per heavy atom. The summed E-state index contributed by atoms with van der Waals surface area (Å²) in [5, 5.41) is 0.332. The number of ether oxygens (including phenoxy) is 2. The van der Waals surface area contributed by atoms with Gasteiger partial charge in [-0.05, 0) is 30.5 Å². The molecule has 2 aliphatic rings. The minimum atomic E-state index is -4.45. The number of morpholine rings is 1. The number of aromatic nitrogens is 2. The van der Waals surface area contributed by atoms with E-state index in [1.54, 1.807) is 6.92 Å². The van der Waals surface area contributed by atoms with Crippen molar-refractivity contribution in [3.63, 3.8) is 0 Å². The van der Waals surface area contributed by atoms with E-state index in [4.69, 9.17) is 21.1 Å². The third kappa shape index (κ3) is 6.35. The lowest BCUT2D eigenvalue weighted by atomic mass is 9.96. The van der Waals surface area contributed by atoms with Crippen LogP contribution < -0.4 is 14.5 Å². The normalized spacial score (nSPS) is 21.8. The minimum Gasteiger partial charge on any atom is -0.489 e. The Bertz CT molecular complexity index is 1040. The van der Waals surface area contributed by atoms with E-state index in [2.05, 4.69) is 9.97 Å². The number of benzene rings is 1. The Morgan fingerprint density at radius 1 is 1.23 bits per heavy atom. The van der Waals surface area contributed by atoms with Gasteiger partial charge >= 0.3 is 6.18 Å². The van der Waals surface area contributed by atoms with E-state index < -0.39 is 12.3 Å². The van der Waals surface area contributed by atoms with Gasteiger partial charge in [-0.1, -0.05) is 30.7 Å². The number of carbonyl (C=O) groups excluding carboxylic acids is 1. The highest BCUT2D eigenvalue weighted by atomic mass is 35.5. The number of anilines is 2. The average Bonchev–Trinajstić information content (AvgIpc) is 3.27. The summed E-state index contributed by atoms with van der Waals surface area (Å²) in [6, 6.07) is 7.75. The first-order valence-corrected chi connectivity index (χ1v) is 11.9. The molecule has 2 fully saturated rings. The number of nitrogens with zero attached hydrogens (tertiary/aromatic N) is 4. The molecule has 0 spiro atoms. The standard InChI is InChI=1S/C24H28ClF3N4O3/c1-15(11-16(2)33)17-3-5-18(6-4-17)35-19-7-8-31(13-19)22-20(25)12-29-23(30-22)32-9-10-34-21(14-32)24(26,27)28/h3-6,12,15,19,21H,7-11,13-14H2,1-2H3/t15-,19-,21?/m1/s1. The van der Waals surface area contributed by atoms with Crippen molar-refractivity contribution < 1.29 is 27.4 Å². The van der Waals surface area contributed by atoms with Crippen LogP contribution in [0.4, 0.5) is 24.9 Å². The predicted octanol–water partition coefficient (Wildman–Crippen LogP) is 4.64. The molecular formula is C24H28ClF3N4O3. The summed E-state index contributed by atoms with van der Waals surface area (Å²) in [5.74, 6) is 1.71. The molecule has 11 heteroatoms. The first kappa shape index (κ1) is 25.5. The minimum absolute atomic E-state index is 0.0581. The fraction of sp³-hybridized carbons (Fsp3) is 0.542. The van der Waals surface area contributed by atoms with Gasteiger partial charge in [0.2, 0.25) is 5.95 Å². The third-order valence-corrected chi connectivity index (χ3v) is 6.48. The maximum absolute atomic E-state index is 13.1. The largest absolute Gasteiger partial charge is 0.489 e. The molecule has 2 aliphatic heterocycles. The SMILES string of the molecule is CC(=O)C[C@@H](C)c1ccc(O[C@@H]2CCN(c3nc(N4CCOC(C(F)(F)F)C4)ncc3Cl)C2)cc1. The second-order valence-electron chi connectivity index (χ2n) is 9.04. The van der Waals surface area contributed by atoms with Gasteiger partial charge in [-0.25, -0.2) is 4.98 Å². The molecule has 1 unspecified atom stereocenters. The molecular weight excluding hydrogens is 485 g/mol. The lowest BCUT2D eigenvalue weighted by Gasteiger charge is -2.34. The van der Waals surface area contributed by atoms with Crippen molar-refractivity contribution in [3.8, 4) is 5.75 Å². The highest BCUT2D eigenvalue weighted by Crippen LogP contribution is 2.32. The van der Waals surface area contributed by atoms with Crippen LogP contribution >= 0.6 is 11.6 Å². The van der Waals surface area contributed by atoms with Crippen LogP contribution in [0.15, 0.2) is 30.5 Å². The highest BCUT2D eigenvalue weighted by Gasteiger charge is 2.44. The van der Waals surface area contributed by atoms with Gasteiger partial charge in [0.15, 0.2) is 11.9 Å². The summed E-state index contributed by atoms with van der Waals surface area (Å²) in [4.78, 5) is 23.4. The van der Waals surface area contributed by atoms with Crippen molar-refractivity contribution in [3.05, 3.63) is 41.0 Å². The number of carbonyl (C=O) groups is 1. The van der Waals surface area contributed by atoms with Crippen molar-refractivity contribution in [2.75, 3.05) is 42.6 Å². The molecule has 0 radical (unpaired) electrons. The molecule has 7 nitrogen and oxygen atoms in total. The van der Waals surface area contributed by atoms with Gasteiger partial charge in [0, 0.05) is 25.9 Å². The van der Waals surface area contributed by atoms with Gasteiger partial charge in [0.25, 0.3) is 0 Å². The first-order chi connectivity index (χ1) is 16.6. The number of alkyl halides is 3. The van der Waals surface area contributed by atoms with Gasteiger partial charge in [0.1, 0.15) is 22.7 Å². The number of Topliss-reactive ketones (excluding diaryl/α,β-unsaturated/α-hetero) is 1. The van der Waals surface area contributed by atoms with E-state index in [9.17, 15) is 18.0 Å². The van der Waals surface area contributed by atoms with Gasteiger partial charge in [-0.2, -0.15) is 18.2 Å². The number of hydrogen-bond donors (Lipinski definition) is 0. The van der Waals surface area contributed by atoms with Gasteiger partial charge in [-0.3, -0.25) is 0 Å². The van der Waals surface area contributed by atoms with Gasteiger partial charge in [0.05, 0.1) is 25.9 Å². The van der Waals surface area contributed by atoms with Crippen molar-refractivity contribution in [2.45, 2.75) is 51.0 Å². The molecule has 0 aliphatic carbocycles. The molecule has 35 heavy (non-hydrogen) atoms. The Balaban J connectivity index is 1.39. The zero-order valence-corrected chi connectivity index (χ0v) is 20.3. The Morgan fingerprint density at radius 3 is 2.66 bits per heavy atom. The zero-order valence-electron chi connectivity index (χ0n) is 19.6. The van der Waals surface area contributed by atoms with Crippen molar-refractivity contribution >= 4 is 29.2 Å². The number of ketones is 1. The molecule has 0 N–H and O–H groups in total. The molecule has 1 aromatic heterocycles. The third-order valence-electron chi connectivity index (χ3n) is 6.22. The molecule has 0 amide bonds.